The van der Waals surface area contributed by atoms with Gasteiger partial charge in [-0.3, -0.25) is 0 Å². The number of aliphatic hydroxyl groups excluding tert-OH is 1. The summed E-state index contributed by atoms with van der Waals surface area (Å²) in [7, 11) is 0. The van der Waals surface area contributed by atoms with E-state index in [9.17, 15) is 8.78 Å². The molecule has 3 N–H and O–H groups in total. The van der Waals surface area contributed by atoms with Gasteiger partial charge in [0, 0.05) is 11.8 Å². The van der Waals surface area contributed by atoms with Gasteiger partial charge < -0.3 is 10.8 Å². The Morgan fingerprint density at radius 3 is 2.64 bits per heavy atom. The summed E-state index contributed by atoms with van der Waals surface area (Å²) in [6, 6.07) is 1.09. The Morgan fingerprint density at radius 1 is 1.57 bits per heavy atom. The average Bonchev–Trinajstić information content (AvgIpc) is 2.06. The quantitative estimate of drug-likeness (QED) is 0.782. The van der Waals surface area contributed by atoms with Crippen molar-refractivity contribution < 1.29 is 13.9 Å². The van der Waals surface area contributed by atoms with E-state index in [-0.39, 0.29) is 16.4 Å². The summed E-state index contributed by atoms with van der Waals surface area (Å²) in [4.78, 5) is 3.51. The summed E-state index contributed by atoms with van der Waals surface area (Å²) >= 11 is 10.1. The molecule has 0 fully saturated rings. The van der Waals surface area contributed by atoms with Crippen molar-refractivity contribution in [2.24, 2.45) is 0 Å². The monoisotopic (exact) mass is 242 g/mol. The van der Waals surface area contributed by atoms with E-state index in [1.165, 1.54) is 6.20 Å². The van der Waals surface area contributed by atoms with E-state index in [1.54, 1.807) is 0 Å². The Labute approximate surface area is 88.5 Å². The van der Waals surface area contributed by atoms with Crippen molar-refractivity contribution in [2.75, 3.05) is 5.73 Å². The number of nitrogens with two attached hydrogens (primary N) is 1. The molecule has 0 aliphatic rings. The first-order chi connectivity index (χ1) is 6.32. The molecule has 1 heterocycles. The van der Waals surface area contributed by atoms with E-state index < -0.39 is 11.5 Å². The Bertz CT molecular complexity index is 343. The fraction of sp³-hybridized carbons (Fsp3) is 0.286. The van der Waals surface area contributed by atoms with Crippen LogP contribution in [0.2, 0.25) is 5.02 Å². The minimum Gasteiger partial charge on any atom is -0.383 e. The minimum atomic E-state index is -3.81. The van der Waals surface area contributed by atoms with Gasteiger partial charge in [-0.05, 0) is 17.7 Å². The third kappa shape index (κ3) is 2.43. The number of anilines is 1. The molecule has 14 heavy (non-hydrogen) atoms. The van der Waals surface area contributed by atoms with Crippen LogP contribution in [0.4, 0.5) is 14.6 Å². The molecular weight excluding hydrogens is 237 g/mol. The molecule has 7 heteroatoms. The third-order valence-corrected chi connectivity index (χ3v) is 1.93. The van der Waals surface area contributed by atoms with E-state index in [2.05, 4.69) is 16.6 Å². The predicted octanol–water partition coefficient (Wildman–Crippen LogP) is 2.18. The van der Waals surface area contributed by atoms with Gasteiger partial charge in [0.25, 0.3) is 0 Å². The van der Waals surface area contributed by atoms with Crippen LogP contribution in [0.5, 0.6) is 0 Å². The highest BCUT2D eigenvalue weighted by Gasteiger charge is 2.38. The standard InChI is InChI=1S/C7H6Cl2F2N2O/c8-3-1-4(6(12)13-2-3)5(14)7(9,10)11/h1-2,5,14H,(H2,12,13). The van der Waals surface area contributed by atoms with E-state index >= 15 is 0 Å². The highest BCUT2D eigenvalue weighted by molar-refractivity contribution is 6.30. The molecule has 1 rings (SSSR count). The first-order valence-electron chi connectivity index (χ1n) is 3.48. The van der Waals surface area contributed by atoms with Crippen LogP contribution in [0, 0.1) is 0 Å². The molecule has 1 aromatic heterocycles. The van der Waals surface area contributed by atoms with Gasteiger partial charge in [0.1, 0.15) is 5.82 Å². The molecule has 78 valence electrons. The van der Waals surface area contributed by atoms with Gasteiger partial charge in [-0.15, -0.1) is 0 Å². The third-order valence-electron chi connectivity index (χ3n) is 1.52. The molecule has 0 aromatic carbocycles. The highest BCUT2D eigenvalue weighted by atomic mass is 35.5. The van der Waals surface area contributed by atoms with Crippen LogP contribution in [0.1, 0.15) is 11.7 Å². The molecule has 0 amide bonds. The highest BCUT2D eigenvalue weighted by Crippen LogP contribution is 2.37. The lowest BCUT2D eigenvalue weighted by molar-refractivity contribution is -0.0422. The first kappa shape index (κ1) is 11.4. The number of halogens is 4. The Kier molecular flexibility index (Phi) is 3.14. The summed E-state index contributed by atoms with van der Waals surface area (Å²) < 4.78 is 25.0. The van der Waals surface area contributed by atoms with Gasteiger partial charge in [-0.25, -0.2) is 4.98 Å². The van der Waals surface area contributed by atoms with Crippen molar-refractivity contribution in [3.05, 3.63) is 22.8 Å². The number of rotatable bonds is 2. The Hall–Kier alpha value is -0.650. The van der Waals surface area contributed by atoms with E-state index in [0.29, 0.717) is 0 Å². The number of pyridine rings is 1. The fourth-order valence-corrected chi connectivity index (χ4v) is 1.14. The summed E-state index contributed by atoms with van der Waals surface area (Å²) in [5, 5.41) is 5.39. The normalized spacial score (nSPS) is 14.1. The molecule has 3 nitrogen and oxygen atoms in total. The van der Waals surface area contributed by atoms with Crippen molar-refractivity contribution in [3.63, 3.8) is 0 Å². The fourth-order valence-electron chi connectivity index (χ4n) is 0.861. The number of hydrogen-bond acceptors (Lipinski definition) is 3. The molecule has 1 unspecified atom stereocenters. The van der Waals surface area contributed by atoms with Crippen LogP contribution < -0.4 is 5.73 Å². The summed E-state index contributed by atoms with van der Waals surface area (Å²) in [6.45, 7) is 0. The van der Waals surface area contributed by atoms with E-state index in [1.807, 2.05) is 0 Å². The smallest absolute Gasteiger partial charge is 0.351 e. The molecule has 0 saturated carbocycles. The van der Waals surface area contributed by atoms with Crippen molar-refractivity contribution in [1.82, 2.24) is 4.98 Å². The topological polar surface area (TPSA) is 59.1 Å². The van der Waals surface area contributed by atoms with Gasteiger partial charge in [-0.2, -0.15) is 8.78 Å². The van der Waals surface area contributed by atoms with Gasteiger partial charge in [-0.1, -0.05) is 11.6 Å². The second kappa shape index (κ2) is 3.84. The van der Waals surface area contributed by atoms with Gasteiger partial charge in [0.15, 0.2) is 6.10 Å². The molecule has 1 aromatic rings. The minimum absolute atomic E-state index is 0.0918. The summed E-state index contributed by atoms with van der Waals surface area (Å²) in [5.74, 6) is -0.234. The molecule has 0 spiro atoms. The maximum Gasteiger partial charge on any atom is 0.351 e. The first-order valence-corrected chi connectivity index (χ1v) is 4.23. The maximum absolute atomic E-state index is 12.5. The zero-order valence-corrected chi connectivity index (χ0v) is 8.23. The zero-order valence-electron chi connectivity index (χ0n) is 6.72. The van der Waals surface area contributed by atoms with Crippen LogP contribution in [0.15, 0.2) is 12.3 Å². The van der Waals surface area contributed by atoms with Crippen LogP contribution in [-0.4, -0.2) is 15.5 Å². The average molecular weight is 243 g/mol. The van der Waals surface area contributed by atoms with Gasteiger partial charge in [0.05, 0.1) is 5.02 Å². The van der Waals surface area contributed by atoms with Crippen LogP contribution in [0.3, 0.4) is 0 Å². The summed E-state index contributed by atoms with van der Waals surface area (Å²) in [5.41, 5.74) is 4.97. The second-order valence-corrected chi connectivity index (χ2v) is 3.51. The number of nitrogen functional groups attached to an aromatic ring is 1. The van der Waals surface area contributed by atoms with Crippen LogP contribution in [0.25, 0.3) is 0 Å². The molecule has 0 bridgehead atoms. The molecule has 0 aliphatic heterocycles. The van der Waals surface area contributed by atoms with Crippen molar-refractivity contribution in [1.29, 1.82) is 0 Å². The zero-order chi connectivity index (χ0) is 10.9. The van der Waals surface area contributed by atoms with Gasteiger partial charge >= 0.3 is 5.38 Å². The SMILES string of the molecule is Nc1ncc(Cl)cc1C(O)C(F)(F)Cl. The summed E-state index contributed by atoms with van der Waals surface area (Å²) in [6.07, 6.45) is -1.05. The molecule has 0 aliphatic carbocycles. The lowest BCUT2D eigenvalue weighted by Crippen LogP contribution is -2.20. The van der Waals surface area contributed by atoms with Crippen LogP contribution in [-0.2, 0) is 0 Å². The van der Waals surface area contributed by atoms with Crippen molar-refractivity contribution in [2.45, 2.75) is 11.5 Å². The molecule has 1 atom stereocenters. The van der Waals surface area contributed by atoms with E-state index in [4.69, 9.17) is 22.4 Å². The number of aliphatic hydroxyl groups is 1. The number of hydrogen-bond donors (Lipinski definition) is 2. The largest absolute Gasteiger partial charge is 0.383 e. The Balaban J connectivity index is 3.12. The number of alkyl halides is 3. The molecular formula is C7H6Cl2F2N2O. The second-order valence-electron chi connectivity index (χ2n) is 2.57. The predicted molar refractivity (Wildman–Crippen MR) is 49.4 cm³/mol. The lowest BCUT2D eigenvalue weighted by atomic mass is 10.1. The number of nitrogens with zero attached hydrogens (tertiary/aromatic N) is 1. The van der Waals surface area contributed by atoms with Crippen molar-refractivity contribution >= 4 is 29.0 Å². The van der Waals surface area contributed by atoms with Crippen LogP contribution >= 0.6 is 23.2 Å². The van der Waals surface area contributed by atoms with Gasteiger partial charge in [0.2, 0.25) is 0 Å². The molecule has 0 radical (unpaired) electrons. The van der Waals surface area contributed by atoms with E-state index in [0.717, 1.165) is 6.07 Å². The lowest BCUT2D eigenvalue weighted by Gasteiger charge is -2.17. The van der Waals surface area contributed by atoms with Crippen molar-refractivity contribution in [3.8, 4) is 0 Å². The Morgan fingerprint density at radius 2 is 2.14 bits per heavy atom. The maximum atomic E-state index is 12.5. The number of aromatic nitrogens is 1. The molecule has 0 saturated heterocycles.